The molecule has 0 aromatic heterocycles. The second-order valence-electron chi connectivity index (χ2n) is 10.7. The molecule has 41 heavy (non-hydrogen) atoms. The van der Waals surface area contributed by atoms with Gasteiger partial charge < -0.3 is 9.80 Å². The lowest BCUT2D eigenvalue weighted by Gasteiger charge is -2.41. The van der Waals surface area contributed by atoms with Gasteiger partial charge in [0.1, 0.15) is 0 Å². The molecule has 11 heteroatoms. The van der Waals surface area contributed by atoms with E-state index in [-0.39, 0.29) is 9.92 Å². The van der Waals surface area contributed by atoms with Crippen LogP contribution in [0.1, 0.15) is 31.2 Å². The lowest BCUT2D eigenvalue weighted by molar-refractivity contribution is 0.0855. The average molecular weight is 642 g/mol. The Bertz CT molecular complexity index is 1520. The van der Waals surface area contributed by atoms with Crippen molar-refractivity contribution in [3.63, 3.8) is 0 Å². The molecule has 0 atom stereocenters. The lowest BCUT2D eigenvalue weighted by Crippen LogP contribution is -2.47. The molecule has 2 heterocycles. The van der Waals surface area contributed by atoms with E-state index in [4.69, 9.17) is 23.2 Å². The minimum absolute atomic E-state index is 0.198. The van der Waals surface area contributed by atoms with E-state index in [0.717, 1.165) is 24.6 Å². The average Bonchev–Trinajstić information content (AvgIpc) is 2.94. The summed E-state index contributed by atoms with van der Waals surface area (Å²) in [4.78, 5) is 5.28. The minimum atomic E-state index is -4.61. The highest BCUT2D eigenvalue weighted by molar-refractivity contribution is 7.91. The van der Waals surface area contributed by atoms with Gasteiger partial charge in [-0.1, -0.05) is 47.5 Å². The van der Waals surface area contributed by atoms with Crippen molar-refractivity contribution in [2.45, 2.75) is 52.8 Å². The molecule has 2 aliphatic rings. The van der Waals surface area contributed by atoms with E-state index in [2.05, 4.69) is 16.8 Å². The molecular weight excluding hydrogens is 606 g/mol. The van der Waals surface area contributed by atoms with E-state index >= 15 is 0 Å². The number of likely N-dealkylation sites (tertiary alicyclic amines) is 2. The number of piperidine rings is 2. The molecule has 5 rings (SSSR count). The van der Waals surface area contributed by atoms with Crippen LogP contribution in [0.25, 0.3) is 0 Å². The first-order chi connectivity index (χ1) is 19.4. The Morgan fingerprint density at radius 1 is 0.732 bits per heavy atom. The van der Waals surface area contributed by atoms with Crippen molar-refractivity contribution < 1.29 is 20.7 Å². The fourth-order valence-corrected chi connectivity index (χ4v) is 7.73. The normalized spacial score (nSPS) is 18.0. The van der Waals surface area contributed by atoms with Crippen molar-refractivity contribution in [1.82, 2.24) is 9.80 Å². The maximum atomic E-state index is 12.8. The van der Waals surface area contributed by atoms with E-state index in [1.165, 1.54) is 75.6 Å². The number of sulfone groups is 1. The van der Waals surface area contributed by atoms with Gasteiger partial charge in [-0.3, -0.25) is 0 Å². The number of hydrogen-bond donors (Lipinski definition) is 0. The largest absolute Gasteiger partial charge is 0.332 e. The third-order valence-electron chi connectivity index (χ3n) is 7.80. The first-order valence-corrected chi connectivity index (χ1v) is 17.3. The summed E-state index contributed by atoms with van der Waals surface area (Å²) in [5, 5.41) is 0.628. The second kappa shape index (κ2) is 14.0. The van der Waals surface area contributed by atoms with E-state index in [9.17, 15) is 20.7 Å². The Balaban J connectivity index is 0.000000296. The van der Waals surface area contributed by atoms with Crippen LogP contribution in [0.15, 0.2) is 87.5 Å². The van der Waals surface area contributed by atoms with Crippen LogP contribution in [0.5, 0.6) is 0 Å². The molecule has 0 N–H and O–H groups in total. The summed E-state index contributed by atoms with van der Waals surface area (Å²) in [5.74, 6) is 0.683. The SMILES string of the molecule is CN1CCC(N2CCC(Cc3ccc(S(=O)(=O)c4cccc(Cl)c4)cc3)CC2)CC1.O=S(=O)(F)c1cccc(Cl)c1. The topological polar surface area (TPSA) is 74.8 Å². The molecule has 3 aromatic rings. The van der Waals surface area contributed by atoms with Crippen LogP contribution in [-0.4, -0.2) is 65.9 Å². The molecule has 0 radical (unpaired) electrons. The van der Waals surface area contributed by atoms with Gasteiger partial charge >= 0.3 is 10.2 Å². The van der Waals surface area contributed by atoms with Gasteiger partial charge in [-0.15, -0.1) is 3.89 Å². The Morgan fingerprint density at radius 2 is 1.27 bits per heavy atom. The summed E-state index contributed by atoms with van der Waals surface area (Å²) in [6.07, 6.45) is 6.08. The zero-order chi connectivity index (χ0) is 29.6. The molecule has 2 fully saturated rings. The number of hydrogen-bond acceptors (Lipinski definition) is 6. The summed E-state index contributed by atoms with van der Waals surface area (Å²) < 4.78 is 58.4. The molecule has 0 unspecified atom stereocenters. The van der Waals surface area contributed by atoms with E-state index < -0.39 is 25.0 Å². The molecule has 3 aromatic carbocycles. The van der Waals surface area contributed by atoms with Gasteiger partial charge in [0.05, 0.1) is 14.7 Å². The minimum Gasteiger partial charge on any atom is -0.306 e. The Morgan fingerprint density at radius 3 is 1.78 bits per heavy atom. The van der Waals surface area contributed by atoms with Gasteiger partial charge in [0.25, 0.3) is 0 Å². The fourth-order valence-electron chi connectivity index (χ4n) is 5.41. The van der Waals surface area contributed by atoms with Crippen molar-refractivity contribution in [2.75, 3.05) is 33.2 Å². The zero-order valence-electron chi connectivity index (χ0n) is 22.9. The molecule has 0 spiro atoms. The second-order valence-corrected chi connectivity index (χ2v) is 14.9. The maximum Gasteiger partial charge on any atom is 0.332 e. The highest BCUT2D eigenvalue weighted by atomic mass is 35.5. The first-order valence-electron chi connectivity index (χ1n) is 13.6. The van der Waals surface area contributed by atoms with Crippen molar-refractivity contribution in [2.24, 2.45) is 5.92 Å². The zero-order valence-corrected chi connectivity index (χ0v) is 26.1. The smallest absolute Gasteiger partial charge is 0.306 e. The standard InChI is InChI=1S/C24H31ClN2O2S.C6H4ClFO2S/c1-26-13-11-22(12-14-26)27-15-9-20(10-16-27)17-19-5-7-23(8-6-19)30(28,29)24-4-2-3-21(25)18-24;7-5-2-1-3-6(4-5)11(8,9)10/h2-8,18,20,22H,9-17H2,1H3;1-4H. The first kappa shape index (κ1) is 31.9. The maximum absolute atomic E-state index is 12.8. The summed E-state index contributed by atoms with van der Waals surface area (Å²) >= 11 is 11.4. The van der Waals surface area contributed by atoms with Crippen LogP contribution < -0.4 is 0 Å². The monoisotopic (exact) mass is 640 g/mol. The molecule has 0 aliphatic carbocycles. The molecular formula is C30H35Cl2FN2O4S2. The van der Waals surface area contributed by atoms with Crippen LogP contribution >= 0.6 is 23.2 Å². The number of nitrogens with zero attached hydrogens (tertiary/aromatic N) is 2. The fraction of sp³-hybridized carbons (Fsp3) is 0.400. The predicted octanol–water partition coefficient (Wildman–Crippen LogP) is 6.52. The van der Waals surface area contributed by atoms with Crippen molar-refractivity contribution >= 4 is 43.3 Å². The lowest BCUT2D eigenvalue weighted by atomic mass is 9.88. The van der Waals surface area contributed by atoms with E-state index in [1.54, 1.807) is 30.3 Å². The summed E-state index contributed by atoms with van der Waals surface area (Å²) in [5.41, 5.74) is 1.22. The molecule has 6 nitrogen and oxygen atoms in total. The van der Waals surface area contributed by atoms with Crippen LogP contribution in [0.2, 0.25) is 10.0 Å². The number of rotatable bonds is 6. The van der Waals surface area contributed by atoms with Gasteiger partial charge in [0, 0.05) is 16.1 Å². The van der Waals surface area contributed by atoms with Gasteiger partial charge in [0.15, 0.2) is 0 Å². The quantitative estimate of drug-likeness (QED) is 0.286. The Hall–Kier alpha value is -2.01. The van der Waals surface area contributed by atoms with E-state index in [1.807, 2.05) is 12.1 Å². The molecule has 222 valence electrons. The third-order valence-corrected chi connectivity index (χ3v) is 10.9. The van der Waals surface area contributed by atoms with Crippen LogP contribution in [-0.2, 0) is 26.5 Å². The molecule has 2 aliphatic heterocycles. The van der Waals surface area contributed by atoms with Gasteiger partial charge in [0.2, 0.25) is 9.84 Å². The predicted molar refractivity (Wildman–Crippen MR) is 162 cm³/mol. The van der Waals surface area contributed by atoms with Crippen molar-refractivity contribution in [3.8, 4) is 0 Å². The molecule has 0 bridgehead atoms. The summed E-state index contributed by atoms with van der Waals surface area (Å²) in [6, 6.07) is 19.7. The highest BCUT2D eigenvalue weighted by Crippen LogP contribution is 2.28. The Labute approximate surface area is 253 Å². The van der Waals surface area contributed by atoms with Crippen molar-refractivity contribution in [1.29, 1.82) is 0 Å². The highest BCUT2D eigenvalue weighted by Gasteiger charge is 2.27. The van der Waals surface area contributed by atoms with Crippen molar-refractivity contribution in [3.05, 3.63) is 88.4 Å². The molecule has 0 amide bonds. The van der Waals surface area contributed by atoms with Crippen LogP contribution in [0.3, 0.4) is 0 Å². The van der Waals surface area contributed by atoms with Gasteiger partial charge in [-0.25, -0.2) is 8.42 Å². The van der Waals surface area contributed by atoms with Gasteiger partial charge in [-0.2, -0.15) is 8.42 Å². The van der Waals surface area contributed by atoms with E-state index in [0.29, 0.717) is 15.8 Å². The number of halogens is 3. The van der Waals surface area contributed by atoms with Crippen LogP contribution in [0.4, 0.5) is 3.89 Å². The molecule has 0 saturated carbocycles. The van der Waals surface area contributed by atoms with Crippen LogP contribution in [0, 0.1) is 5.92 Å². The summed E-state index contributed by atoms with van der Waals surface area (Å²) in [7, 11) is -5.92. The Kier molecular flexibility index (Phi) is 10.9. The summed E-state index contributed by atoms with van der Waals surface area (Å²) in [6.45, 7) is 4.82. The van der Waals surface area contributed by atoms with Gasteiger partial charge in [-0.05, 0) is 125 Å². The third kappa shape index (κ3) is 8.99. The molecule has 2 saturated heterocycles. The number of benzene rings is 3.